The molecule has 1 aliphatic rings. The molecule has 2 nitrogen and oxygen atoms in total. The zero-order valence-electron chi connectivity index (χ0n) is 11.3. The Balaban J connectivity index is 2.26. The summed E-state index contributed by atoms with van der Waals surface area (Å²) in [6.45, 7) is 1.94. The lowest BCUT2D eigenvalue weighted by Crippen LogP contribution is -2.01. The maximum atomic E-state index is 14.2. The number of carbonyl (C=O) groups is 1. The summed E-state index contributed by atoms with van der Waals surface area (Å²) in [6.07, 6.45) is 1.26. The summed E-state index contributed by atoms with van der Waals surface area (Å²) in [5.41, 5.74) is 2.53. The first-order valence-corrected chi connectivity index (χ1v) is 6.59. The number of benzene rings is 2. The van der Waals surface area contributed by atoms with Crippen LogP contribution in [-0.2, 0) is 9.53 Å². The number of halogens is 2. The molecule has 21 heavy (non-hydrogen) atoms. The van der Waals surface area contributed by atoms with Gasteiger partial charge in [-0.05, 0) is 29.7 Å². The van der Waals surface area contributed by atoms with E-state index in [0.717, 1.165) is 6.07 Å². The Morgan fingerprint density at radius 1 is 1.14 bits per heavy atom. The van der Waals surface area contributed by atoms with E-state index in [0.29, 0.717) is 22.3 Å². The quantitative estimate of drug-likeness (QED) is 0.527. The van der Waals surface area contributed by atoms with Gasteiger partial charge in [0, 0.05) is 23.3 Å². The first-order chi connectivity index (χ1) is 10.1. The van der Waals surface area contributed by atoms with Crippen molar-refractivity contribution in [2.24, 2.45) is 0 Å². The third kappa shape index (κ3) is 2.23. The van der Waals surface area contributed by atoms with Gasteiger partial charge in [-0.2, -0.15) is 0 Å². The van der Waals surface area contributed by atoms with Gasteiger partial charge < -0.3 is 4.74 Å². The molecular formula is C17H12F2O2. The minimum Gasteiger partial charge on any atom is -0.463 e. The molecule has 0 radical (unpaired) electrons. The standard InChI is InChI=1S/C17H12F2O2/c1-2-21-16(20)9-14-12-6-4-3-5-11(12)13-7-10(18)8-15(19)17(13)14/h3-9H,2H2,1H3/b14-9+. The van der Waals surface area contributed by atoms with E-state index in [1.54, 1.807) is 31.2 Å². The van der Waals surface area contributed by atoms with Crippen LogP contribution >= 0.6 is 0 Å². The minimum atomic E-state index is -0.684. The van der Waals surface area contributed by atoms with E-state index in [1.165, 1.54) is 12.1 Å². The predicted octanol–water partition coefficient (Wildman–Crippen LogP) is 3.94. The maximum absolute atomic E-state index is 14.2. The highest BCUT2D eigenvalue weighted by atomic mass is 19.1. The Hall–Kier alpha value is -2.49. The number of fused-ring (bicyclic) bond motifs is 3. The van der Waals surface area contributed by atoms with Crippen LogP contribution in [0.3, 0.4) is 0 Å². The summed E-state index contributed by atoms with van der Waals surface area (Å²) in [6, 6.07) is 9.24. The number of carbonyl (C=O) groups excluding carboxylic acids is 1. The zero-order valence-corrected chi connectivity index (χ0v) is 11.3. The van der Waals surface area contributed by atoms with Crippen LogP contribution in [-0.4, -0.2) is 12.6 Å². The molecule has 0 spiro atoms. The Kier molecular flexibility index (Phi) is 3.29. The summed E-state index contributed by atoms with van der Waals surface area (Å²) < 4.78 is 32.5. The lowest BCUT2D eigenvalue weighted by molar-refractivity contribution is -0.137. The van der Waals surface area contributed by atoms with Crippen molar-refractivity contribution >= 4 is 11.5 Å². The SMILES string of the molecule is CCOC(=O)/C=C1\c2ccccc2-c2cc(F)cc(F)c21. The Labute approximate surface area is 120 Å². The molecule has 0 aliphatic heterocycles. The van der Waals surface area contributed by atoms with Gasteiger partial charge in [0.25, 0.3) is 0 Å². The summed E-state index contributed by atoms with van der Waals surface area (Å²) in [7, 11) is 0. The summed E-state index contributed by atoms with van der Waals surface area (Å²) >= 11 is 0. The van der Waals surface area contributed by atoms with Gasteiger partial charge in [0.05, 0.1) is 6.61 Å². The monoisotopic (exact) mass is 286 g/mol. The Morgan fingerprint density at radius 3 is 2.57 bits per heavy atom. The number of hydrogen-bond donors (Lipinski definition) is 0. The maximum Gasteiger partial charge on any atom is 0.331 e. The molecular weight excluding hydrogens is 274 g/mol. The molecule has 2 aromatic carbocycles. The highest BCUT2D eigenvalue weighted by Crippen LogP contribution is 2.45. The normalized spacial score (nSPS) is 14.0. The summed E-state index contributed by atoms with van der Waals surface area (Å²) in [4.78, 5) is 11.7. The van der Waals surface area contributed by atoms with Crippen LogP contribution in [0, 0.1) is 11.6 Å². The summed E-state index contributed by atoms with van der Waals surface area (Å²) in [5, 5.41) is 0. The molecule has 106 valence electrons. The average Bonchev–Trinajstić information content (AvgIpc) is 2.74. The number of hydrogen-bond acceptors (Lipinski definition) is 2. The van der Waals surface area contributed by atoms with Gasteiger partial charge in [-0.1, -0.05) is 24.3 Å². The minimum absolute atomic E-state index is 0.239. The third-order valence-electron chi connectivity index (χ3n) is 3.38. The van der Waals surface area contributed by atoms with E-state index < -0.39 is 17.6 Å². The molecule has 2 aromatic rings. The largest absolute Gasteiger partial charge is 0.463 e. The molecule has 0 fully saturated rings. The molecule has 4 heteroatoms. The van der Waals surface area contributed by atoms with E-state index in [4.69, 9.17) is 4.74 Å². The summed E-state index contributed by atoms with van der Waals surface area (Å²) in [5.74, 6) is -1.87. The van der Waals surface area contributed by atoms with Crippen LogP contribution in [0.1, 0.15) is 18.1 Å². The first-order valence-electron chi connectivity index (χ1n) is 6.59. The van der Waals surface area contributed by atoms with Crippen molar-refractivity contribution in [1.82, 2.24) is 0 Å². The second-order valence-corrected chi connectivity index (χ2v) is 4.67. The van der Waals surface area contributed by atoms with Crippen LogP contribution in [0.2, 0.25) is 0 Å². The van der Waals surface area contributed by atoms with Crippen molar-refractivity contribution in [2.75, 3.05) is 6.61 Å². The molecule has 0 saturated heterocycles. The highest BCUT2D eigenvalue weighted by molar-refractivity contribution is 6.07. The van der Waals surface area contributed by atoms with Crippen molar-refractivity contribution in [1.29, 1.82) is 0 Å². The lowest BCUT2D eigenvalue weighted by atomic mass is 10.0. The van der Waals surface area contributed by atoms with Gasteiger partial charge in [0.15, 0.2) is 0 Å². The number of esters is 1. The van der Waals surface area contributed by atoms with Gasteiger partial charge in [-0.15, -0.1) is 0 Å². The van der Waals surface area contributed by atoms with Crippen LogP contribution in [0.5, 0.6) is 0 Å². The van der Waals surface area contributed by atoms with Crippen molar-refractivity contribution < 1.29 is 18.3 Å². The molecule has 0 amide bonds. The van der Waals surface area contributed by atoms with E-state index >= 15 is 0 Å². The topological polar surface area (TPSA) is 26.3 Å². The average molecular weight is 286 g/mol. The van der Waals surface area contributed by atoms with Crippen LogP contribution in [0.25, 0.3) is 16.7 Å². The van der Waals surface area contributed by atoms with Crippen molar-refractivity contribution in [3.05, 3.63) is 65.2 Å². The molecule has 0 aromatic heterocycles. The van der Waals surface area contributed by atoms with E-state index in [-0.39, 0.29) is 12.2 Å². The van der Waals surface area contributed by atoms with E-state index in [9.17, 15) is 13.6 Å². The van der Waals surface area contributed by atoms with Crippen molar-refractivity contribution in [2.45, 2.75) is 6.92 Å². The van der Waals surface area contributed by atoms with Crippen LogP contribution in [0.4, 0.5) is 8.78 Å². The molecule has 0 atom stereocenters. The molecule has 0 saturated carbocycles. The Bertz CT molecular complexity index is 763. The predicted molar refractivity (Wildman–Crippen MR) is 75.5 cm³/mol. The first kappa shape index (κ1) is 13.5. The Morgan fingerprint density at radius 2 is 1.86 bits per heavy atom. The highest BCUT2D eigenvalue weighted by Gasteiger charge is 2.27. The molecule has 0 bridgehead atoms. The molecule has 0 heterocycles. The third-order valence-corrected chi connectivity index (χ3v) is 3.38. The number of rotatable bonds is 2. The van der Waals surface area contributed by atoms with E-state index in [2.05, 4.69) is 0 Å². The van der Waals surface area contributed by atoms with Gasteiger partial charge in [-0.25, -0.2) is 13.6 Å². The van der Waals surface area contributed by atoms with Crippen molar-refractivity contribution in [3.8, 4) is 11.1 Å². The van der Waals surface area contributed by atoms with Gasteiger partial charge in [-0.3, -0.25) is 0 Å². The van der Waals surface area contributed by atoms with Gasteiger partial charge in [0.1, 0.15) is 11.6 Å². The fourth-order valence-corrected chi connectivity index (χ4v) is 2.60. The van der Waals surface area contributed by atoms with Gasteiger partial charge >= 0.3 is 5.97 Å². The fraction of sp³-hybridized carbons (Fsp3) is 0.118. The van der Waals surface area contributed by atoms with Crippen molar-refractivity contribution in [3.63, 3.8) is 0 Å². The van der Waals surface area contributed by atoms with Gasteiger partial charge in [0.2, 0.25) is 0 Å². The molecule has 0 N–H and O–H groups in total. The molecule has 3 rings (SSSR count). The van der Waals surface area contributed by atoms with Crippen LogP contribution < -0.4 is 0 Å². The second-order valence-electron chi connectivity index (χ2n) is 4.67. The van der Waals surface area contributed by atoms with E-state index in [1.807, 2.05) is 0 Å². The molecule has 1 aliphatic carbocycles. The van der Waals surface area contributed by atoms with Crippen LogP contribution in [0.15, 0.2) is 42.5 Å². The lowest BCUT2D eigenvalue weighted by Gasteiger charge is -2.04. The zero-order chi connectivity index (χ0) is 15.0. The number of ether oxygens (including phenoxy) is 1. The molecule has 0 unspecified atom stereocenters. The fourth-order valence-electron chi connectivity index (χ4n) is 2.60. The second kappa shape index (κ2) is 5.13. The smallest absolute Gasteiger partial charge is 0.331 e.